The normalized spacial score (nSPS) is 29.7. The number of carbonyl (C=O) groups excluding carboxylic acids is 2. The van der Waals surface area contributed by atoms with Crippen LogP contribution >= 0.6 is 0 Å². The molecule has 0 heterocycles. The van der Waals surface area contributed by atoms with Crippen LogP contribution in [0.25, 0.3) is 0 Å². The summed E-state index contributed by atoms with van der Waals surface area (Å²) in [5, 5.41) is 0. The van der Waals surface area contributed by atoms with E-state index in [1.165, 1.54) is 6.92 Å². The molecule has 0 amide bonds. The fraction of sp³-hybridized carbons (Fsp3) is 0.684. The Morgan fingerprint density at radius 3 is 2.61 bits per heavy atom. The zero-order chi connectivity index (χ0) is 17.0. The number of hydrogen-bond acceptors (Lipinski definition) is 4. The van der Waals surface area contributed by atoms with Gasteiger partial charge in [0.1, 0.15) is 6.61 Å². The van der Waals surface area contributed by atoms with Gasteiger partial charge in [0.15, 0.2) is 0 Å². The van der Waals surface area contributed by atoms with Crippen LogP contribution in [0.3, 0.4) is 0 Å². The van der Waals surface area contributed by atoms with Crippen LogP contribution in [0.1, 0.15) is 52.9 Å². The number of carbonyl (C=O) groups is 2. The lowest BCUT2D eigenvalue weighted by atomic mass is 9.67. The quantitative estimate of drug-likeness (QED) is 0.529. The molecule has 0 aromatic heterocycles. The first-order valence-electron chi connectivity index (χ1n) is 8.57. The van der Waals surface area contributed by atoms with Gasteiger partial charge in [0, 0.05) is 6.92 Å². The highest BCUT2D eigenvalue weighted by atomic mass is 16.5. The average molecular weight is 320 g/mol. The lowest BCUT2D eigenvalue weighted by Crippen LogP contribution is -2.39. The largest absolute Gasteiger partial charge is 0.465 e. The number of rotatable bonds is 7. The molecule has 4 heteroatoms. The minimum absolute atomic E-state index is 0.0942. The van der Waals surface area contributed by atoms with Crippen molar-refractivity contribution in [2.45, 2.75) is 52.9 Å². The van der Waals surface area contributed by atoms with Gasteiger partial charge in [0.2, 0.25) is 0 Å². The van der Waals surface area contributed by atoms with Gasteiger partial charge in [-0.3, -0.25) is 9.59 Å². The summed E-state index contributed by atoms with van der Waals surface area (Å²) in [6.45, 7) is 10.2. The van der Waals surface area contributed by atoms with Gasteiger partial charge in [0.05, 0.1) is 12.0 Å². The molecule has 0 spiro atoms. The Labute approximate surface area is 138 Å². The summed E-state index contributed by atoms with van der Waals surface area (Å²) in [6.07, 6.45) is 6.90. The number of fused-ring (bicyclic) bond motifs is 2. The maximum Gasteiger partial charge on any atom is 0.316 e. The first-order chi connectivity index (χ1) is 10.9. The van der Waals surface area contributed by atoms with Crippen molar-refractivity contribution in [3.63, 3.8) is 0 Å². The van der Waals surface area contributed by atoms with Gasteiger partial charge in [-0.1, -0.05) is 18.2 Å². The molecule has 0 aliphatic heterocycles. The zero-order valence-electron chi connectivity index (χ0n) is 14.5. The maximum absolute atomic E-state index is 12.7. The third-order valence-corrected chi connectivity index (χ3v) is 5.37. The number of hydrogen-bond donors (Lipinski definition) is 0. The van der Waals surface area contributed by atoms with Crippen LogP contribution in [-0.4, -0.2) is 25.2 Å². The predicted molar refractivity (Wildman–Crippen MR) is 88.7 cm³/mol. The topological polar surface area (TPSA) is 52.6 Å². The van der Waals surface area contributed by atoms with E-state index < -0.39 is 5.41 Å². The van der Waals surface area contributed by atoms with E-state index in [9.17, 15) is 9.59 Å². The molecule has 2 aliphatic carbocycles. The molecule has 3 atom stereocenters. The summed E-state index contributed by atoms with van der Waals surface area (Å²) >= 11 is 0. The summed E-state index contributed by atoms with van der Waals surface area (Å²) in [7, 11) is 0. The van der Waals surface area contributed by atoms with Crippen LogP contribution in [0.4, 0.5) is 0 Å². The molecule has 0 aromatic carbocycles. The second-order valence-electron chi connectivity index (χ2n) is 6.79. The second kappa shape index (κ2) is 7.33. The minimum Gasteiger partial charge on any atom is -0.465 e. The lowest BCUT2D eigenvalue weighted by Gasteiger charge is -2.37. The molecule has 0 N–H and O–H groups in total. The van der Waals surface area contributed by atoms with Crippen molar-refractivity contribution >= 4 is 11.9 Å². The van der Waals surface area contributed by atoms with Crippen molar-refractivity contribution in [2.75, 3.05) is 13.2 Å². The SMILES string of the molecule is C=C1C2CCC(C2)C1(CCC=C(C)COC(C)=O)C(=O)OCC. The molecule has 2 bridgehead atoms. The Bertz CT molecular complexity index is 519. The fourth-order valence-corrected chi connectivity index (χ4v) is 4.22. The molecule has 0 radical (unpaired) electrons. The molecule has 0 aromatic rings. The molecule has 128 valence electrons. The Kier molecular flexibility index (Phi) is 5.66. The van der Waals surface area contributed by atoms with E-state index in [0.717, 1.165) is 43.3 Å². The minimum atomic E-state index is -0.503. The van der Waals surface area contributed by atoms with Crippen molar-refractivity contribution in [3.8, 4) is 0 Å². The van der Waals surface area contributed by atoms with Crippen molar-refractivity contribution in [1.82, 2.24) is 0 Å². The highest BCUT2D eigenvalue weighted by molar-refractivity contribution is 5.82. The lowest BCUT2D eigenvalue weighted by molar-refractivity contribution is -0.156. The van der Waals surface area contributed by atoms with Gasteiger partial charge >= 0.3 is 11.9 Å². The average Bonchev–Trinajstić information content (AvgIpc) is 3.07. The summed E-state index contributed by atoms with van der Waals surface area (Å²) in [5.74, 6) is 0.488. The molecule has 0 saturated heterocycles. The Hall–Kier alpha value is -1.58. The van der Waals surface area contributed by atoms with E-state index in [4.69, 9.17) is 9.47 Å². The molecule has 2 saturated carbocycles. The highest BCUT2D eigenvalue weighted by Gasteiger charge is 2.58. The van der Waals surface area contributed by atoms with E-state index in [-0.39, 0.29) is 11.9 Å². The predicted octanol–water partition coefficient (Wildman–Crippen LogP) is 3.81. The van der Waals surface area contributed by atoms with Gasteiger partial charge in [-0.05, 0) is 63.4 Å². The zero-order valence-corrected chi connectivity index (χ0v) is 14.5. The number of esters is 2. The van der Waals surface area contributed by atoms with Crippen LogP contribution in [0.5, 0.6) is 0 Å². The molecule has 2 rings (SSSR count). The van der Waals surface area contributed by atoms with Crippen LogP contribution in [0.15, 0.2) is 23.8 Å². The summed E-state index contributed by atoms with van der Waals surface area (Å²) in [5.41, 5.74) is 1.59. The van der Waals surface area contributed by atoms with Crippen molar-refractivity contribution < 1.29 is 19.1 Å². The molecule has 3 unspecified atom stereocenters. The first kappa shape index (κ1) is 17.8. The molecular weight excluding hydrogens is 292 g/mol. The third kappa shape index (κ3) is 3.51. The van der Waals surface area contributed by atoms with Crippen molar-refractivity contribution in [1.29, 1.82) is 0 Å². The van der Waals surface area contributed by atoms with E-state index >= 15 is 0 Å². The Balaban J connectivity index is 2.05. The monoisotopic (exact) mass is 320 g/mol. The van der Waals surface area contributed by atoms with Gasteiger partial charge in [-0.2, -0.15) is 0 Å². The highest BCUT2D eigenvalue weighted by Crippen LogP contribution is 2.61. The first-order valence-corrected chi connectivity index (χ1v) is 8.57. The van der Waals surface area contributed by atoms with Gasteiger partial charge < -0.3 is 9.47 Å². The summed E-state index contributed by atoms with van der Waals surface area (Å²) < 4.78 is 10.4. The third-order valence-electron chi connectivity index (χ3n) is 5.37. The molecule has 2 fully saturated rings. The van der Waals surface area contributed by atoms with E-state index in [2.05, 4.69) is 12.7 Å². The van der Waals surface area contributed by atoms with E-state index in [1.807, 2.05) is 13.8 Å². The Morgan fingerprint density at radius 1 is 1.30 bits per heavy atom. The van der Waals surface area contributed by atoms with Crippen molar-refractivity contribution in [3.05, 3.63) is 23.8 Å². The van der Waals surface area contributed by atoms with Crippen LogP contribution in [0.2, 0.25) is 0 Å². The molecule has 23 heavy (non-hydrogen) atoms. The summed E-state index contributed by atoms with van der Waals surface area (Å²) in [4.78, 5) is 23.5. The number of allylic oxidation sites excluding steroid dienone is 1. The Morgan fingerprint density at radius 2 is 2.04 bits per heavy atom. The molecule has 4 nitrogen and oxygen atoms in total. The second-order valence-corrected chi connectivity index (χ2v) is 6.79. The fourth-order valence-electron chi connectivity index (χ4n) is 4.22. The molecular formula is C19H28O4. The van der Waals surface area contributed by atoms with Gasteiger partial charge in [-0.25, -0.2) is 0 Å². The number of ether oxygens (including phenoxy) is 2. The smallest absolute Gasteiger partial charge is 0.316 e. The molecule has 2 aliphatic rings. The maximum atomic E-state index is 12.7. The van der Waals surface area contributed by atoms with Gasteiger partial charge in [-0.15, -0.1) is 0 Å². The van der Waals surface area contributed by atoms with Crippen LogP contribution in [-0.2, 0) is 19.1 Å². The summed E-state index contributed by atoms with van der Waals surface area (Å²) in [6, 6.07) is 0. The standard InChI is InChI=1S/C19H28O4/c1-5-22-18(21)19(14(3)16-8-9-17(19)11-16)10-6-7-13(2)12-23-15(4)20/h7,16-17H,3,5-6,8-12H2,1-2,4H3. The van der Waals surface area contributed by atoms with Crippen LogP contribution < -0.4 is 0 Å². The van der Waals surface area contributed by atoms with Crippen LogP contribution in [0, 0.1) is 17.3 Å². The van der Waals surface area contributed by atoms with E-state index in [1.54, 1.807) is 0 Å². The van der Waals surface area contributed by atoms with Crippen molar-refractivity contribution in [2.24, 2.45) is 17.3 Å². The van der Waals surface area contributed by atoms with E-state index in [0.29, 0.717) is 25.0 Å². The van der Waals surface area contributed by atoms with Gasteiger partial charge in [0.25, 0.3) is 0 Å².